The maximum absolute atomic E-state index is 13.0. The Bertz CT molecular complexity index is 742. The van der Waals surface area contributed by atoms with E-state index in [1.807, 2.05) is 0 Å². The summed E-state index contributed by atoms with van der Waals surface area (Å²) in [5.41, 5.74) is 7.92. The summed E-state index contributed by atoms with van der Waals surface area (Å²) in [5, 5.41) is 0. The van der Waals surface area contributed by atoms with E-state index in [1.165, 1.54) is 6.07 Å². The second kappa shape index (κ2) is 7.06. The third kappa shape index (κ3) is 3.41. The summed E-state index contributed by atoms with van der Waals surface area (Å²) >= 11 is 0. The van der Waals surface area contributed by atoms with Crippen molar-refractivity contribution in [1.29, 1.82) is 0 Å². The minimum atomic E-state index is -4.59. The number of amides is 1. The Balaban J connectivity index is 2.64. The molecule has 0 radical (unpaired) electrons. The second-order valence-electron chi connectivity index (χ2n) is 5.44. The Morgan fingerprint density at radius 3 is 2.56 bits per heavy atom. The van der Waals surface area contributed by atoms with Crippen LogP contribution >= 0.6 is 0 Å². The number of halogens is 3. The molecule has 1 aromatic carbocycles. The molecule has 2 atom stereocenters. The molecule has 1 aromatic rings. The fourth-order valence-electron chi connectivity index (χ4n) is 3.05. The van der Waals surface area contributed by atoms with Gasteiger partial charge in [-0.15, -0.1) is 0 Å². The zero-order valence-electron chi connectivity index (χ0n) is 13.6. The number of hydrogen-bond donors (Lipinski definition) is 0. The standard InChI is InChI=1S/C16H16F3N3O3/c1-3-11-14(13(23)8-21-20)10-6-5-9(16(17,18)19)7-12(10)22(11)15(24)25-4-2/h5-8,11,14H,3-4H2,1-2H3. The first-order chi connectivity index (χ1) is 11.8. The molecular formula is C16H16F3N3O3. The van der Waals surface area contributed by atoms with E-state index in [1.54, 1.807) is 13.8 Å². The van der Waals surface area contributed by atoms with Crippen LogP contribution in [0, 0.1) is 0 Å². The predicted octanol–water partition coefficient (Wildman–Crippen LogP) is 3.41. The molecule has 0 aromatic heterocycles. The van der Waals surface area contributed by atoms with Crippen LogP contribution in [0.5, 0.6) is 0 Å². The van der Waals surface area contributed by atoms with E-state index < -0.39 is 35.6 Å². The normalized spacial score (nSPS) is 19.2. The maximum atomic E-state index is 13.0. The SMILES string of the molecule is CCOC(=O)N1c2cc(C(F)(F)F)ccc2C(C(=O)C=[N+]=[N-])C1CC. The van der Waals surface area contributed by atoms with Gasteiger partial charge in [-0.05, 0) is 31.0 Å². The molecule has 0 aliphatic carbocycles. The Hall–Kier alpha value is -2.67. The molecule has 0 bridgehead atoms. The Kier molecular flexibility index (Phi) is 5.27. The summed E-state index contributed by atoms with van der Waals surface area (Å²) < 4.78 is 44.0. The number of fused-ring (bicyclic) bond motifs is 1. The van der Waals surface area contributed by atoms with Crippen LogP contribution in [0.25, 0.3) is 5.53 Å². The van der Waals surface area contributed by atoms with Crippen molar-refractivity contribution in [2.24, 2.45) is 0 Å². The number of benzene rings is 1. The lowest BCUT2D eigenvalue weighted by Gasteiger charge is -2.25. The van der Waals surface area contributed by atoms with E-state index in [-0.39, 0.29) is 17.9 Å². The summed E-state index contributed by atoms with van der Waals surface area (Å²) in [6.45, 7) is 3.31. The summed E-state index contributed by atoms with van der Waals surface area (Å²) in [7, 11) is 0. The minimum Gasteiger partial charge on any atom is -0.449 e. The van der Waals surface area contributed by atoms with E-state index in [2.05, 4.69) is 4.79 Å². The van der Waals surface area contributed by atoms with E-state index in [4.69, 9.17) is 10.3 Å². The van der Waals surface area contributed by atoms with Crippen molar-refractivity contribution in [3.05, 3.63) is 34.9 Å². The molecule has 0 fully saturated rings. The first-order valence-electron chi connectivity index (χ1n) is 7.64. The summed E-state index contributed by atoms with van der Waals surface area (Å²) in [4.78, 5) is 28.3. The first-order valence-corrected chi connectivity index (χ1v) is 7.64. The Morgan fingerprint density at radius 1 is 1.36 bits per heavy atom. The lowest BCUT2D eigenvalue weighted by Crippen LogP contribution is -2.41. The number of ether oxygens (including phenoxy) is 1. The van der Waals surface area contributed by atoms with E-state index in [0.29, 0.717) is 12.6 Å². The third-order valence-corrected chi connectivity index (χ3v) is 4.04. The number of anilines is 1. The maximum Gasteiger partial charge on any atom is 0.416 e. The fourth-order valence-corrected chi connectivity index (χ4v) is 3.05. The van der Waals surface area contributed by atoms with Crippen LogP contribution in [0.3, 0.4) is 0 Å². The summed E-state index contributed by atoms with van der Waals surface area (Å²) in [6, 6.07) is 2.13. The molecule has 1 amide bonds. The number of ketones is 1. The fraction of sp³-hybridized carbons (Fsp3) is 0.438. The van der Waals surface area contributed by atoms with Gasteiger partial charge in [0.05, 0.1) is 29.8 Å². The highest BCUT2D eigenvalue weighted by molar-refractivity contribution is 6.29. The molecule has 1 heterocycles. The quantitative estimate of drug-likeness (QED) is 0.471. The van der Waals surface area contributed by atoms with E-state index >= 15 is 0 Å². The molecule has 0 N–H and O–H groups in total. The van der Waals surface area contributed by atoms with Crippen LogP contribution in [-0.2, 0) is 15.7 Å². The topological polar surface area (TPSA) is 83.0 Å². The zero-order chi connectivity index (χ0) is 18.8. The van der Waals surface area contributed by atoms with Gasteiger partial charge in [-0.1, -0.05) is 13.0 Å². The van der Waals surface area contributed by atoms with Gasteiger partial charge in [-0.3, -0.25) is 9.69 Å². The average Bonchev–Trinajstić information content (AvgIpc) is 2.87. The van der Waals surface area contributed by atoms with Gasteiger partial charge in [0, 0.05) is 0 Å². The van der Waals surface area contributed by atoms with Gasteiger partial charge in [-0.25, -0.2) is 4.79 Å². The molecule has 0 spiro atoms. The average molecular weight is 355 g/mol. The number of Topliss-reactive ketones (excluding diaryl/α,β-unsaturated/α-hetero) is 1. The van der Waals surface area contributed by atoms with Gasteiger partial charge >= 0.3 is 18.5 Å². The van der Waals surface area contributed by atoms with Crippen LogP contribution in [-0.4, -0.2) is 35.5 Å². The number of alkyl halides is 3. The van der Waals surface area contributed by atoms with Crippen molar-refractivity contribution in [1.82, 2.24) is 0 Å². The predicted molar refractivity (Wildman–Crippen MR) is 82.5 cm³/mol. The highest BCUT2D eigenvalue weighted by Gasteiger charge is 2.46. The van der Waals surface area contributed by atoms with Gasteiger partial charge in [0.15, 0.2) is 0 Å². The molecule has 1 aliphatic heterocycles. The highest BCUT2D eigenvalue weighted by atomic mass is 19.4. The monoisotopic (exact) mass is 355 g/mol. The molecule has 2 unspecified atom stereocenters. The molecule has 9 heteroatoms. The van der Waals surface area contributed by atoms with Gasteiger partial charge < -0.3 is 10.3 Å². The lowest BCUT2D eigenvalue weighted by molar-refractivity contribution is -0.137. The van der Waals surface area contributed by atoms with Crippen LogP contribution in [0.1, 0.15) is 37.3 Å². The minimum absolute atomic E-state index is 0.0233. The molecule has 25 heavy (non-hydrogen) atoms. The number of carbonyl (C=O) groups excluding carboxylic acids is 2. The van der Waals surface area contributed by atoms with Gasteiger partial charge in [-0.2, -0.15) is 18.0 Å². The molecule has 6 nitrogen and oxygen atoms in total. The largest absolute Gasteiger partial charge is 0.449 e. The van der Waals surface area contributed by atoms with Gasteiger partial charge in [0.1, 0.15) is 0 Å². The second-order valence-corrected chi connectivity index (χ2v) is 5.44. The number of rotatable bonds is 4. The van der Waals surface area contributed by atoms with Crippen molar-refractivity contribution in [3.8, 4) is 0 Å². The summed E-state index contributed by atoms with van der Waals surface area (Å²) in [6.07, 6.45) is -4.44. The van der Waals surface area contributed by atoms with Crippen molar-refractivity contribution in [3.63, 3.8) is 0 Å². The highest BCUT2D eigenvalue weighted by Crippen LogP contribution is 2.45. The zero-order valence-corrected chi connectivity index (χ0v) is 13.6. The molecule has 2 rings (SSSR count). The Labute approximate surface area is 141 Å². The van der Waals surface area contributed by atoms with Crippen LogP contribution in [0.15, 0.2) is 18.2 Å². The van der Waals surface area contributed by atoms with Crippen LogP contribution in [0.4, 0.5) is 23.7 Å². The molecule has 0 saturated heterocycles. The smallest absolute Gasteiger partial charge is 0.416 e. The number of carbonyl (C=O) groups is 2. The van der Waals surface area contributed by atoms with Crippen LogP contribution < -0.4 is 4.90 Å². The van der Waals surface area contributed by atoms with Crippen molar-refractivity contribution >= 4 is 23.8 Å². The Morgan fingerprint density at radius 2 is 2.04 bits per heavy atom. The molecule has 134 valence electrons. The lowest BCUT2D eigenvalue weighted by atomic mass is 9.89. The van der Waals surface area contributed by atoms with Crippen LogP contribution in [0.2, 0.25) is 0 Å². The van der Waals surface area contributed by atoms with Gasteiger partial charge in [0.25, 0.3) is 0 Å². The number of hydrogen-bond acceptors (Lipinski definition) is 3. The first kappa shape index (κ1) is 18.7. The molecule has 0 saturated carbocycles. The molecular weight excluding hydrogens is 339 g/mol. The van der Waals surface area contributed by atoms with E-state index in [9.17, 15) is 22.8 Å². The summed E-state index contributed by atoms with van der Waals surface area (Å²) in [5.74, 6) is -1.54. The van der Waals surface area contributed by atoms with Gasteiger partial charge in [0.2, 0.25) is 5.78 Å². The van der Waals surface area contributed by atoms with Crippen molar-refractivity contribution in [2.75, 3.05) is 11.5 Å². The number of nitrogens with zero attached hydrogens (tertiary/aromatic N) is 3. The molecule has 1 aliphatic rings. The van der Waals surface area contributed by atoms with Crippen molar-refractivity contribution < 1.29 is 32.3 Å². The third-order valence-electron chi connectivity index (χ3n) is 4.04. The van der Waals surface area contributed by atoms with E-state index in [0.717, 1.165) is 17.0 Å². The van der Waals surface area contributed by atoms with Crippen molar-refractivity contribution in [2.45, 2.75) is 38.4 Å².